The second-order valence-corrected chi connectivity index (χ2v) is 8.58. The second-order valence-electron chi connectivity index (χ2n) is 6.89. The van der Waals surface area contributed by atoms with Crippen LogP contribution < -0.4 is 31.8 Å². The van der Waals surface area contributed by atoms with Gasteiger partial charge in [0.25, 0.3) is 15.6 Å². The van der Waals surface area contributed by atoms with E-state index in [2.05, 4.69) is 15.0 Å². The average molecular weight is 479 g/mol. The highest BCUT2D eigenvalue weighted by Gasteiger charge is 2.18. The van der Waals surface area contributed by atoms with Crippen LogP contribution in [-0.2, 0) is 26.2 Å². The van der Waals surface area contributed by atoms with Gasteiger partial charge in [-0.05, 0) is 49.2 Å². The Morgan fingerprint density at radius 3 is 2.55 bits per heavy atom. The number of benzene rings is 1. The number of aromatic nitrogens is 1. The molecule has 1 amide bonds. The number of guanidine groups is 1. The Morgan fingerprint density at radius 1 is 1.24 bits per heavy atom. The van der Waals surface area contributed by atoms with Crippen LogP contribution in [0.1, 0.15) is 12.8 Å². The van der Waals surface area contributed by atoms with Crippen molar-refractivity contribution in [2.45, 2.75) is 30.3 Å². The van der Waals surface area contributed by atoms with Crippen LogP contribution in [0.25, 0.3) is 0 Å². The second kappa shape index (κ2) is 11.7. The summed E-state index contributed by atoms with van der Waals surface area (Å²) in [6, 6.07) is 7.56. The SMILES string of the molecule is COc1ccc(S(=O)(=O)Nc2cccn(CC(=O)NC(C=O)CCCN=C(N)N)c2=O)cc1. The fraction of sp³-hybridized carbons (Fsp3) is 0.300. The summed E-state index contributed by atoms with van der Waals surface area (Å²) in [5.74, 6) is -0.179. The third-order valence-corrected chi connectivity index (χ3v) is 5.81. The number of sulfonamides is 1. The molecule has 0 aliphatic heterocycles. The Labute approximate surface area is 190 Å². The first kappa shape index (κ1) is 25.4. The molecule has 6 N–H and O–H groups in total. The number of amides is 1. The van der Waals surface area contributed by atoms with Gasteiger partial charge >= 0.3 is 0 Å². The van der Waals surface area contributed by atoms with E-state index in [0.717, 1.165) is 4.57 Å². The fourth-order valence-corrected chi connectivity index (χ4v) is 3.86. The topological polar surface area (TPSA) is 188 Å². The Hall–Kier alpha value is -3.87. The van der Waals surface area contributed by atoms with Gasteiger partial charge in [0.15, 0.2) is 5.96 Å². The lowest BCUT2D eigenvalue weighted by Crippen LogP contribution is -2.40. The standard InChI is InChI=1S/C20H26N6O6S/c1-32-15-6-8-16(9-7-15)33(30,31)25-17-5-3-11-26(19(17)29)12-18(28)24-14(13-27)4-2-10-23-20(21)22/h3,5-9,11,13-14,25H,2,4,10,12H2,1H3,(H,24,28)(H4,21,22,23). The highest BCUT2D eigenvalue weighted by Crippen LogP contribution is 2.17. The Bertz CT molecular complexity index is 1160. The summed E-state index contributed by atoms with van der Waals surface area (Å²) >= 11 is 0. The number of pyridine rings is 1. The number of aldehydes is 1. The quantitative estimate of drug-likeness (QED) is 0.135. The summed E-state index contributed by atoms with van der Waals surface area (Å²) in [7, 11) is -2.59. The number of aliphatic imine (C=N–C) groups is 1. The van der Waals surface area contributed by atoms with Crippen LogP contribution >= 0.6 is 0 Å². The summed E-state index contributed by atoms with van der Waals surface area (Å²) < 4.78 is 33.4. The van der Waals surface area contributed by atoms with Crippen LogP contribution in [0.4, 0.5) is 5.69 Å². The molecule has 0 radical (unpaired) electrons. The largest absolute Gasteiger partial charge is 0.497 e. The van der Waals surface area contributed by atoms with Crippen LogP contribution in [0.2, 0.25) is 0 Å². The number of carbonyl (C=O) groups excluding carboxylic acids is 2. The van der Waals surface area contributed by atoms with Crippen LogP contribution in [0.15, 0.2) is 57.3 Å². The molecule has 1 heterocycles. The van der Waals surface area contributed by atoms with Crippen LogP contribution in [0.5, 0.6) is 5.75 Å². The van der Waals surface area contributed by atoms with E-state index in [9.17, 15) is 22.8 Å². The number of anilines is 1. The van der Waals surface area contributed by atoms with Gasteiger partial charge in [0, 0.05) is 12.7 Å². The molecule has 0 bridgehead atoms. The molecule has 1 atom stereocenters. The number of ether oxygens (including phenoxy) is 1. The van der Waals surface area contributed by atoms with E-state index in [1.165, 1.54) is 49.7 Å². The third-order valence-electron chi connectivity index (χ3n) is 4.43. The molecule has 13 heteroatoms. The van der Waals surface area contributed by atoms with E-state index in [1.807, 2.05) is 0 Å². The molecule has 0 aliphatic carbocycles. The van der Waals surface area contributed by atoms with Gasteiger partial charge in [-0.15, -0.1) is 0 Å². The Balaban J connectivity index is 2.06. The fourth-order valence-electron chi connectivity index (χ4n) is 2.80. The molecule has 0 spiro atoms. The summed E-state index contributed by atoms with van der Waals surface area (Å²) in [4.78, 5) is 39.9. The zero-order valence-corrected chi connectivity index (χ0v) is 18.7. The minimum absolute atomic E-state index is 0.0644. The van der Waals surface area contributed by atoms with Gasteiger partial charge in [0.1, 0.15) is 24.3 Å². The molecule has 1 aromatic carbocycles. The molecular weight excluding hydrogens is 452 g/mol. The normalized spacial score (nSPS) is 11.8. The maximum absolute atomic E-state index is 12.7. The maximum Gasteiger partial charge on any atom is 0.275 e. The maximum atomic E-state index is 12.7. The average Bonchev–Trinajstić information content (AvgIpc) is 2.78. The monoisotopic (exact) mass is 478 g/mol. The first-order valence-electron chi connectivity index (χ1n) is 9.82. The van der Waals surface area contributed by atoms with E-state index in [1.54, 1.807) is 0 Å². The molecule has 2 rings (SSSR count). The lowest BCUT2D eigenvalue weighted by molar-refractivity contribution is -0.124. The van der Waals surface area contributed by atoms with Gasteiger partial charge < -0.3 is 30.9 Å². The molecule has 0 saturated carbocycles. The van der Waals surface area contributed by atoms with Gasteiger partial charge in [-0.1, -0.05) is 0 Å². The lowest BCUT2D eigenvalue weighted by atomic mass is 10.2. The molecule has 0 saturated heterocycles. The number of hydrogen-bond donors (Lipinski definition) is 4. The number of nitrogens with two attached hydrogens (primary N) is 2. The van der Waals surface area contributed by atoms with Crippen molar-refractivity contribution in [3.63, 3.8) is 0 Å². The molecular formula is C20H26N6O6S. The van der Waals surface area contributed by atoms with Crippen LogP contribution in [0, 0.1) is 0 Å². The first-order valence-corrected chi connectivity index (χ1v) is 11.3. The van der Waals surface area contributed by atoms with Crippen LogP contribution in [0.3, 0.4) is 0 Å². The van der Waals surface area contributed by atoms with Crippen molar-refractivity contribution in [3.05, 3.63) is 52.9 Å². The predicted octanol–water partition coefficient (Wildman–Crippen LogP) is -0.605. The van der Waals surface area contributed by atoms with Crippen molar-refractivity contribution in [2.24, 2.45) is 16.5 Å². The van der Waals surface area contributed by atoms with Gasteiger partial charge in [0.2, 0.25) is 5.91 Å². The zero-order valence-electron chi connectivity index (χ0n) is 17.9. The number of hydrogen-bond acceptors (Lipinski definition) is 7. The van der Waals surface area contributed by atoms with Gasteiger partial charge in [-0.2, -0.15) is 0 Å². The molecule has 2 aromatic rings. The van der Waals surface area contributed by atoms with Crippen molar-refractivity contribution in [1.29, 1.82) is 0 Å². The van der Waals surface area contributed by atoms with E-state index in [4.69, 9.17) is 16.2 Å². The number of rotatable bonds is 12. The van der Waals surface area contributed by atoms with Crippen molar-refractivity contribution < 1.29 is 22.7 Å². The Morgan fingerprint density at radius 2 is 1.94 bits per heavy atom. The summed E-state index contributed by atoms with van der Waals surface area (Å²) in [6.45, 7) is -0.104. The summed E-state index contributed by atoms with van der Waals surface area (Å²) in [5, 5.41) is 2.51. The smallest absolute Gasteiger partial charge is 0.275 e. The number of carbonyl (C=O) groups is 2. The predicted molar refractivity (Wildman–Crippen MR) is 122 cm³/mol. The van der Waals surface area contributed by atoms with Gasteiger partial charge in [-0.3, -0.25) is 19.3 Å². The number of nitrogens with one attached hydrogen (secondary N) is 2. The highest BCUT2D eigenvalue weighted by molar-refractivity contribution is 7.92. The summed E-state index contributed by atoms with van der Waals surface area (Å²) in [5.41, 5.74) is 9.50. The molecule has 178 valence electrons. The zero-order chi connectivity index (χ0) is 24.4. The lowest BCUT2D eigenvalue weighted by Gasteiger charge is -2.14. The van der Waals surface area contributed by atoms with E-state index in [-0.39, 0.29) is 16.5 Å². The summed E-state index contributed by atoms with van der Waals surface area (Å²) in [6.07, 6.45) is 2.68. The van der Waals surface area contributed by atoms with Crippen molar-refractivity contribution in [2.75, 3.05) is 18.4 Å². The molecule has 1 aromatic heterocycles. The first-order chi connectivity index (χ1) is 15.7. The Kier molecular flexibility index (Phi) is 8.98. The van der Waals surface area contributed by atoms with Crippen molar-refractivity contribution >= 4 is 33.9 Å². The molecule has 33 heavy (non-hydrogen) atoms. The van der Waals surface area contributed by atoms with Crippen molar-refractivity contribution in [1.82, 2.24) is 9.88 Å². The van der Waals surface area contributed by atoms with Gasteiger partial charge in [-0.25, -0.2) is 8.42 Å². The number of methoxy groups -OCH3 is 1. The minimum atomic E-state index is -4.04. The van der Waals surface area contributed by atoms with Crippen molar-refractivity contribution in [3.8, 4) is 5.75 Å². The molecule has 12 nitrogen and oxygen atoms in total. The van der Waals surface area contributed by atoms with E-state index in [0.29, 0.717) is 31.4 Å². The third kappa shape index (κ3) is 7.64. The van der Waals surface area contributed by atoms with E-state index < -0.39 is 34.1 Å². The van der Waals surface area contributed by atoms with Crippen LogP contribution in [-0.4, -0.2) is 50.8 Å². The molecule has 0 aliphatic rings. The highest BCUT2D eigenvalue weighted by atomic mass is 32.2. The minimum Gasteiger partial charge on any atom is -0.497 e. The molecule has 0 fully saturated rings. The van der Waals surface area contributed by atoms with Gasteiger partial charge in [0.05, 0.1) is 18.0 Å². The molecule has 1 unspecified atom stereocenters. The number of nitrogens with zero attached hydrogens (tertiary/aromatic N) is 2. The van der Waals surface area contributed by atoms with E-state index >= 15 is 0 Å².